The molecule has 0 saturated carbocycles. The van der Waals surface area contributed by atoms with E-state index in [1.165, 1.54) is 20.0 Å². The van der Waals surface area contributed by atoms with Crippen LogP contribution in [-0.2, 0) is 42.9 Å². The minimum absolute atomic E-state index is 0.0874. The van der Waals surface area contributed by atoms with Crippen molar-refractivity contribution in [2.24, 2.45) is 0 Å². The normalized spacial score (nSPS) is 23.0. The number of nitriles is 1. The van der Waals surface area contributed by atoms with Crippen molar-refractivity contribution in [1.29, 1.82) is 5.26 Å². The lowest BCUT2D eigenvalue weighted by Gasteiger charge is -2.43. The second-order valence-corrected chi connectivity index (χ2v) is 7.83. The van der Waals surface area contributed by atoms with Crippen LogP contribution >= 0.6 is 0 Å². The minimum atomic E-state index is -1.56. The zero-order valence-corrected chi connectivity index (χ0v) is 20.6. The summed E-state index contributed by atoms with van der Waals surface area (Å²) in [6.45, 7) is 6.80. The molecule has 1 aliphatic rings. The van der Waals surface area contributed by atoms with Gasteiger partial charge in [0, 0.05) is 39.5 Å². The number of hydrogen-bond donors (Lipinski definition) is 0. The standard InChI is InChI=1S/C23H26N2O11/c1-10-16(7-24)22(25-8-17(10)11(2)26)36-23-21(34-15(6)30)20(33-14(5)29)19(32-13(4)28)18(35-23)9-31-12(3)27/h8,18-21,23H,9H2,1-6H3/t18-,19+,20+,21-,23+/m1/s1. The second kappa shape index (κ2) is 12.1. The highest BCUT2D eigenvalue weighted by molar-refractivity contribution is 5.95. The van der Waals surface area contributed by atoms with E-state index in [-0.39, 0.29) is 22.8 Å². The van der Waals surface area contributed by atoms with Crippen molar-refractivity contribution in [3.05, 3.63) is 22.9 Å². The molecule has 1 aliphatic heterocycles. The summed E-state index contributed by atoms with van der Waals surface area (Å²) < 4.78 is 32.6. The molecule has 0 aliphatic carbocycles. The largest absolute Gasteiger partial charge is 0.463 e. The summed E-state index contributed by atoms with van der Waals surface area (Å²) in [6.07, 6.45) is -5.89. The van der Waals surface area contributed by atoms with Gasteiger partial charge < -0.3 is 28.4 Å². The number of nitrogens with zero attached hydrogens (tertiary/aromatic N) is 2. The van der Waals surface area contributed by atoms with Gasteiger partial charge in [0.1, 0.15) is 24.3 Å². The molecule has 36 heavy (non-hydrogen) atoms. The van der Waals surface area contributed by atoms with Crippen molar-refractivity contribution in [1.82, 2.24) is 4.98 Å². The summed E-state index contributed by atoms with van der Waals surface area (Å²) in [5.41, 5.74) is 0.400. The molecule has 194 valence electrons. The van der Waals surface area contributed by atoms with E-state index in [1.807, 2.05) is 6.07 Å². The first-order valence-electron chi connectivity index (χ1n) is 10.7. The molecule has 2 heterocycles. The molecule has 13 heteroatoms. The van der Waals surface area contributed by atoms with Crippen molar-refractivity contribution in [3.8, 4) is 11.9 Å². The van der Waals surface area contributed by atoms with Crippen LogP contribution in [0.1, 0.15) is 56.1 Å². The molecule has 0 aromatic carbocycles. The third-order valence-electron chi connectivity index (χ3n) is 4.97. The average Bonchev–Trinajstić information content (AvgIpc) is 2.75. The molecular weight excluding hydrogens is 480 g/mol. The highest BCUT2D eigenvalue weighted by atomic mass is 16.7. The smallest absolute Gasteiger partial charge is 0.303 e. The van der Waals surface area contributed by atoms with Crippen LogP contribution in [0.4, 0.5) is 0 Å². The maximum Gasteiger partial charge on any atom is 0.303 e. The molecule has 1 fully saturated rings. The predicted octanol–water partition coefficient (Wildman–Crippen LogP) is 0.926. The number of esters is 4. The molecule has 1 aromatic heterocycles. The van der Waals surface area contributed by atoms with E-state index < -0.39 is 61.2 Å². The number of rotatable bonds is 8. The molecule has 2 rings (SSSR count). The summed E-state index contributed by atoms with van der Waals surface area (Å²) in [5.74, 6) is -3.66. The van der Waals surface area contributed by atoms with Crippen molar-refractivity contribution < 1.29 is 52.4 Å². The Balaban J connectivity index is 2.58. The zero-order chi connectivity index (χ0) is 27.2. The molecule has 0 bridgehead atoms. The summed E-state index contributed by atoms with van der Waals surface area (Å²) in [7, 11) is 0. The SMILES string of the molecule is CC(=O)OC[C@H]1O[C@@H](Oc2ncc(C(C)=O)c(C)c2C#N)[C@H](OC(C)=O)[C@@H](OC(C)=O)[C@H]1OC(C)=O. The van der Waals surface area contributed by atoms with E-state index in [0.29, 0.717) is 5.56 Å². The number of pyridine rings is 1. The fourth-order valence-corrected chi connectivity index (χ4v) is 3.55. The summed E-state index contributed by atoms with van der Waals surface area (Å²) in [5, 5.41) is 9.66. The first-order chi connectivity index (χ1) is 16.8. The zero-order valence-electron chi connectivity index (χ0n) is 20.6. The van der Waals surface area contributed by atoms with Gasteiger partial charge in [-0.1, -0.05) is 0 Å². The van der Waals surface area contributed by atoms with E-state index in [2.05, 4.69) is 4.98 Å². The van der Waals surface area contributed by atoms with Crippen LogP contribution in [0.15, 0.2) is 6.20 Å². The van der Waals surface area contributed by atoms with Crippen molar-refractivity contribution in [3.63, 3.8) is 0 Å². The molecular formula is C23H26N2O11. The Bertz CT molecular complexity index is 1090. The molecule has 13 nitrogen and oxygen atoms in total. The molecule has 0 N–H and O–H groups in total. The fourth-order valence-electron chi connectivity index (χ4n) is 3.55. The molecule has 1 aromatic rings. The van der Waals surface area contributed by atoms with E-state index >= 15 is 0 Å². The van der Waals surface area contributed by atoms with Crippen LogP contribution in [0.25, 0.3) is 0 Å². The van der Waals surface area contributed by atoms with Crippen LogP contribution in [0.2, 0.25) is 0 Å². The third kappa shape index (κ3) is 6.98. The lowest BCUT2D eigenvalue weighted by molar-refractivity contribution is -0.289. The molecule has 0 spiro atoms. The van der Waals surface area contributed by atoms with Gasteiger partial charge in [-0.25, -0.2) is 4.98 Å². The van der Waals surface area contributed by atoms with E-state index in [1.54, 1.807) is 0 Å². The summed E-state index contributed by atoms with van der Waals surface area (Å²) in [4.78, 5) is 62.9. The fraction of sp³-hybridized carbons (Fsp3) is 0.522. The highest BCUT2D eigenvalue weighted by Crippen LogP contribution is 2.32. The van der Waals surface area contributed by atoms with Gasteiger partial charge in [-0.15, -0.1) is 0 Å². The number of ether oxygens (including phenoxy) is 6. The Morgan fingerprint density at radius 2 is 1.47 bits per heavy atom. The van der Waals surface area contributed by atoms with Crippen LogP contribution in [0, 0.1) is 18.3 Å². The Morgan fingerprint density at radius 3 is 1.97 bits per heavy atom. The molecule has 0 unspecified atom stereocenters. The predicted molar refractivity (Wildman–Crippen MR) is 116 cm³/mol. The Morgan fingerprint density at radius 1 is 0.917 bits per heavy atom. The van der Waals surface area contributed by atoms with Gasteiger partial charge in [0.2, 0.25) is 18.3 Å². The van der Waals surface area contributed by atoms with Crippen molar-refractivity contribution in [2.75, 3.05) is 6.61 Å². The van der Waals surface area contributed by atoms with Gasteiger partial charge >= 0.3 is 23.9 Å². The van der Waals surface area contributed by atoms with Gasteiger partial charge in [-0.2, -0.15) is 5.26 Å². The van der Waals surface area contributed by atoms with Gasteiger partial charge in [0.05, 0.1) is 0 Å². The first kappa shape index (κ1) is 28.2. The van der Waals surface area contributed by atoms with Crippen LogP contribution in [-0.4, -0.2) is 72.0 Å². The minimum Gasteiger partial charge on any atom is -0.463 e. The van der Waals surface area contributed by atoms with Crippen LogP contribution in [0.5, 0.6) is 5.88 Å². The number of aromatic nitrogens is 1. The third-order valence-corrected chi connectivity index (χ3v) is 4.97. The average molecular weight is 506 g/mol. The maximum atomic E-state index is 11.9. The quantitative estimate of drug-likeness (QED) is 0.276. The Hall–Kier alpha value is -4.05. The molecule has 0 amide bonds. The Kier molecular flexibility index (Phi) is 9.45. The number of Topliss-reactive ketones (excluding diaryl/α,β-unsaturated/α-hetero) is 1. The van der Waals surface area contributed by atoms with Crippen LogP contribution < -0.4 is 4.74 Å². The lowest BCUT2D eigenvalue weighted by atomic mass is 9.98. The number of carbonyl (C=O) groups is 5. The van der Waals surface area contributed by atoms with Gasteiger partial charge in [-0.3, -0.25) is 24.0 Å². The van der Waals surface area contributed by atoms with Crippen molar-refractivity contribution in [2.45, 2.75) is 72.2 Å². The number of hydrogen-bond acceptors (Lipinski definition) is 13. The topological polar surface area (TPSA) is 177 Å². The molecule has 5 atom stereocenters. The van der Waals surface area contributed by atoms with Crippen LogP contribution in [0.3, 0.4) is 0 Å². The lowest BCUT2D eigenvalue weighted by Crippen LogP contribution is -2.63. The molecule has 1 saturated heterocycles. The molecule has 0 radical (unpaired) electrons. The number of ketones is 1. The maximum absolute atomic E-state index is 11.9. The number of carbonyl (C=O) groups excluding carboxylic acids is 5. The highest BCUT2D eigenvalue weighted by Gasteiger charge is 2.53. The monoisotopic (exact) mass is 506 g/mol. The Labute approximate surface area is 206 Å². The summed E-state index contributed by atoms with van der Waals surface area (Å²) >= 11 is 0. The van der Waals surface area contributed by atoms with E-state index in [0.717, 1.165) is 27.7 Å². The van der Waals surface area contributed by atoms with Gasteiger partial charge in [0.15, 0.2) is 18.0 Å². The van der Waals surface area contributed by atoms with Crippen molar-refractivity contribution >= 4 is 29.7 Å². The first-order valence-corrected chi connectivity index (χ1v) is 10.7. The summed E-state index contributed by atoms with van der Waals surface area (Å²) in [6, 6.07) is 1.91. The van der Waals surface area contributed by atoms with Gasteiger partial charge in [-0.05, 0) is 19.4 Å². The van der Waals surface area contributed by atoms with Gasteiger partial charge in [0.25, 0.3) is 0 Å². The van der Waals surface area contributed by atoms with E-state index in [9.17, 15) is 29.2 Å². The van der Waals surface area contributed by atoms with E-state index in [4.69, 9.17) is 28.4 Å². The second-order valence-electron chi connectivity index (χ2n) is 7.83.